The van der Waals surface area contributed by atoms with Gasteiger partial charge in [-0.25, -0.2) is 4.68 Å². The van der Waals surface area contributed by atoms with Crippen molar-refractivity contribution >= 4 is 5.97 Å². The highest BCUT2D eigenvalue weighted by atomic mass is 16.5. The van der Waals surface area contributed by atoms with Crippen molar-refractivity contribution in [3.8, 4) is 17.5 Å². The monoisotopic (exact) mass is 240 g/mol. The molecule has 0 atom stereocenters. The van der Waals surface area contributed by atoms with Crippen molar-refractivity contribution in [1.29, 1.82) is 0 Å². The van der Waals surface area contributed by atoms with Crippen LogP contribution in [0.2, 0.25) is 0 Å². The third-order valence-corrected chi connectivity index (χ3v) is 2.30. The highest BCUT2D eigenvalue weighted by Gasteiger charge is 1.98. The standard InChI is InChI=1S/C14H12N2O2/c1-18-14(17)9-5-6-12-10-15-16(11-12)13-7-3-2-4-8-13/h2-4,7-8,10-11H,9H2,1H3. The van der Waals surface area contributed by atoms with E-state index in [9.17, 15) is 4.79 Å². The fourth-order valence-corrected chi connectivity index (χ4v) is 1.40. The van der Waals surface area contributed by atoms with E-state index in [-0.39, 0.29) is 12.4 Å². The molecule has 0 radical (unpaired) electrons. The molecule has 2 rings (SSSR count). The number of nitrogens with zero attached hydrogens (tertiary/aromatic N) is 2. The third-order valence-electron chi connectivity index (χ3n) is 2.30. The van der Waals surface area contributed by atoms with Crippen molar-refractivity contribution in [2.75, 3.05) is 7.11 Å². The molecule has 90 valence electrons. The molecule has 4 heteroatoms. The van der Waals surface area contributed by atoms with Crippen molar-refractivity contribution in [3.05, 3.63) is 48.3 Å². The maximum absolute atomic E-state index is 10.9. The second-order valence-electron chi connectivity index (χ2n) is 3.56. The maximum Gasteiger partial charge on any atom is 0.317 e. The van der Waals surface area contributed by atoms with Gasteiger partial charge in [-0.2, -0.15) is 5.10 Å². The van der Waals surface area contributed by atoms with Gasteiger partial charge in [-0.05, 0) is 12.1 Å². The molecule has 0 aliphatic rings. The van der Waals surface area contributed by atoms with E-state index in [1.54, 1.807) is 10.9 Å². The summed E-state index contributed by atoms with van der Waals surface area (Å²) in [5.41, 5.74) is 1.74. The van der Waals surface area contributed by atoms with Crippen LogP contribution in [-0.2, 0) is 9.53 Å². The number of methoxy groups -OCH3 is 1. The molecule has 0 N–H and O–H groups in total. The second-order valence-corrected chi connectivity index (χ2v) is 3.56. The molecule has 0 spiro atoms. The molecule has 0 saturated heterocycles. The molecule has 18 heavy (non-hydrogen) atoms. The summed E-state index contributed by atoms with van der Waals surface area (Å²) in [4.78, 5) is 10.9. The summed E-state index contributed by atoms with van der Waals surface area (Å²) >= 11 is 0. The smallest absolute Gasteiger partial charge is 0.317 e. The van der Waals surface area contributed by atoms with E-state index in [0.717, 1.165) is 11.3 Å². The minimum Gasteiger partial charge on any atom is -0.468 e. The first-order valence-electron chi connectivity index (χ1n) is 5.45. The number of rotatable bonds is 2. The molecule has 1 heterocycles. The number of carbonyl (C=O) groups excluding carboxylic acids is 1. The van der Waals surface area contributed by atoms with Crippen LogP contribution in [0, 0.1) is 11.8 Å². The molecule has 0 aliphatic carbocycles. The quantitative estimate of drug-likeness (QED) is 0.593. The average Bonchev–Trinajstić information content (AvgIpc) is 2.88. The van der Waals surface area contributed by atoms with E-state index in [1.807, 2.05) is 36.5 Å². The van der Waals surface area contributed by atoms with Gasteiger partial charge in [0.2, 0.25) is 0 Å². The van der Waals surface area contributed by atoms with Gasteiger partial charge in [0, 0.05) is 6.20 Å². The Bertz CT molecular complexity index is 591. The van der Waals surface area contributed by atoms with Gasteiger partial charge in [0.15, 0.2) is 0 Å². The lowest BCUT2D eigenvalue weighted by Crippen LogP contribution is -1.96. The number of ether oxygens (including phenoxy) is 1. The fraction of sp³-hybridized carbons (Fsp3) is 0.143. The molecule has 0 aliphatic heterocycles. The molecule has 0 saturated carbocycles. The molecule has 0 unspecified atom stereocenters. The SMILES string of the molecule is COC(=O)CC#Cc1cnn(-c2ccccc2)c1. The summed E-state index contributed by atoms with van der Waals surface area (Å²) in [5, 5.41) is 4.20. The summed E-state index contributed by atoms with van der Waals surface area (Å²) < 4.78 is 6.24. The summed E-state index contributed by atoms with van der Waals surface area (Å²) in [7, 11) is 1.34. The van der Waals surface area contributed by atoms with Crippen LogP contribution in [0.5, 0.6) is 0 Å². The Labute approximate surface area is 105 Å². The van der Waals surface area contributed by atoms with Crippen LogP contribution in [-0.4, -0.2) is 22.9 Å². The van der Waals surface area contributed by atoms with Crippen LogP contribution in [0.1, 0.15) is 12.0 Å². The molecule has 0 amide bonds. The maximum atomic E-state index is 10.9. The number of carbonyl (C=O) groups is 1. The van der Waals surface area contributed by atoms with Crippen molar-refractivity contribution in [3.63, 3.8) is 0 Å². The van der Waals surface area contributed by atoms with Crippen LogP contribution >= 0.6 is 0 Å². The topological polar surface area (TPSA) is 44.1 Å². The van der Waals surface area contributed by atoms with E-state index < -0.39 is 0 Å². The van der Waals surface area contributed by atoms with Gasteiger partial charge in [0.05, 0.1) is 24.6 Å². The zero-order valence-electron chi connectivity index (χ0n) is 9.96. The van der Waals surface area contributed by atoms with Crippen LogP contribution in [0.4, 0.5) is 0 Å². The Morgan fingerprint density at radius 2 is 2.17 bits per heavy atom. The number of esters is 1. The van der Waals surface area contributed by atoms with Crippen molar-refractivity contribution in [1.82, 2.24) is 9.78 Å². The number of para-hydroxylation sites is 1. The zero-order chi connectivity index (χ0) is 12.8. The molecule has 2 aromatic rings. The first-order valence-corrected chi connectivity index (χ1v) is 5.45. The normalized spacial score (nSPS) is 9.39. The predicted molar refractivity (Wildman–Crippen MR) is 67.1 cm³/mol. The van der Waals surface area contributed by atoms with Crippen LogP contribution in [0.15, 0.2) is 42.7 Å². The first-order chi connectivity index (χ1) is 8.79. The van der Waals surface area contributed by atoms with Crippen LogP contribution in [0.25, 0.3) is 5.69 Å². The minimum atomic E-state index is -0.335. The Balaban J connectivity index is 2.09. The third kappa shape index (κ3) is 2.98. The highest BCUT2D eigenvalue weighted by Crippen LogP contribution is 2.06. The van der Waals surface area contributed by atoms with E-state index in [0.29, 0.717) is 0 Å². The second kappa shape index (κ2) is 5.69. The summed E-state index contributed by atoms with van der Waals surface area (Å²) in [6.45, 7) is 0. The van der Waals surface area contributed by atoms with Gasteiger partial charge in [-0.15, -0.1) is 0 Å². The van der Waals surface area contributed by atoms with Crippen LogP contribution < -0.4 is 0 Å². The van der Waals surface area contributed by atoms with Crippen molar-refractivity contribution in [2.24, 2.45) is 0 Å². The summed E-state index contributed by atoms with van der Waals surface area (Å²) in [6.07, 6.45) is 3.57. The molecular formula is C14H12N2O2. The van der Waals surface area contributed by atoms with Crippen molar-refractivity contribution in [2.45, 2.75) is 6.42 Å². The van der Waals surface area contributed by atoms with E-state index in [2.05, 4.69) is 21.7 Å². The number of hydrogen-bond donors (Lipinski definition) is 0. The number of benzene rings is 1. The lowest BCUT2D eigenvalue weighted by atomic mass is 10.3. The zero-order valence-corrected chi connectivity index (χ0v) is 9.96. The van der Waals surface area contributed by atoms with Gasteiger partial charge >= 0.3 is 5.97 Å². The first kappa shape index (κ1) is 11.9. The summed E-state index contributed by atoms with van der Waals surface area (Å²) in [5.74, 6) is 5.27. The lowest BCUT2D eigenvalue weighted by Gasteiger charge is -1.98. The molecule has 1 aromatic carbocycles. The Morgan fingerprint density at radius 1 is 1.39 bits per heavy atom. The Morgan fingerprint density at radius 3 is 2.89 bits per heavy atom. The Kier molecular flexibility index (Phi) is 3.77. The average molecular weight is 240 g/mol. The molecule has 4 nitrogen and oxygen atoms in total. The van der Waals surface area contributed by atoms with Gasteiger partial charge in [0.25, 0.3) is 0 Å². The van der Waals surface area contributed by atoms with Gasteiger partial charge in [0.1, 0.15) is 6.42 Å². The Hall–Kier alpha value is -2.54. The fourth-order valence-electron chi connectivity index (χ4n) is 1.40. The molecule has 0 bridgehead atoms. The van der Waals surface area contributed by atoms with Gasteiger partial charge in [-0.3, -0.25) is 4.79 Å². The van der Waals surface area contributed by atoms with E-state index in [4.69, 9.17) is 0 Å². The highest BCUT2D eigenvalue weighted by molar-refractivity contribution is 5.72. The van der Waals surface area contributed by atoms with Crippen LogP contribution in [0.3, 0.4) is 0 Å². The summed E-state index contributed by atoms with van der Waals surface area (Å²) in [6, 6.07) is 9.75. The number of aromatic nitrogens is 2. The van der Waals surface area contributed by atoms with Gasteiger partial charge in [-0.1, -0.05) is 30.0 Å². The predicted octanol–water partition coefficient (Wildman–Crippen LogP) is 1.79. The molecular weight excluding hydrogens is 228 g/mol. The largest absolute Gasteiger partial charge is 0.468 e. The van der Waals surface area contributed by atoms with Crippen molar-refractivity contribution < 1.29 is 9.53 Å². The number of hydrogen-bond acceptors (Lipinski definition) is 3. The lowest BCUT2D eigenvalue weighted by molar-refractivity contribution is -0.139. The minimum absolute atomic E-state index is 0.0903. The molecule has 1 aromatic heterocycles. The van der Waals surface area contributed by atoms with Gasteiger partial charge < -0.3 is 4.74 Å². The van der Waals surface area contributed by atoms with E-state index >= 15 is 0 Å². The van der Waals surface area contributed by atoms with E-state index in [1.165, 1.54) is 7.11 Å². The molecule has 0 fully saturated rings.